The largest absolute Gasteiger partial charge is 0.263 e. The summed E-state index contributed by atoms with van der Waals surface area (Å²) in [6.07, 6.45) is 0. The molecular formula is C9H24N3PS. The van der Waals surface area contributed by atoms with Crippen LogP contribution in [0.2, 0.25) is 0 Å². The smallest absolute Gasteiger partial charge is 0.138 e. The first kappa shape index (κ1) is 14.5. The number of hydrogen-bond donors (Lipinski definition) is 3. The summed E-state index contributed by atoms with van der Waals surface area (Å²) in [7, 11) is 0. The molecule has 0 fully saturated rings. The Morgan fingerprint density at radius 1 is 0.714 bits per heavy atom. The van der Waals surface area contributed by atoms with Gasteiger partial charge in [-0.15, -0.1) is 0 Å². The lowest BCUT2D eigenvalue weighted by atomic mass is 10.4. The van der Waals surface area contributed by atoms with Crippen molar-refractivity contribution in [1.29, 1.82) is 0 Å². The van der Waals surface area contributed by atoms with Gasteiger partial charge in [0.15, 0.2) is 0 Å². The van der Waals surface area contributed by atoms with Gasteiger partial charge in [-0.05, 0) is 53.3 Å². The fraction of sp³-hybridized carbons (Fsp3) is 1.00. The summed E-state index contributed by atoms with van der Waals surface area (Å²) in [4.78, 5) is 0. The fourth-order valence-corrected chi connectivity index (χ4v) is 5.51. The molecule has 0 spiro atoms. The van der Waals surface area contributed by atoms with Crippen molar-refractivity contribution >= 4 is 18.3 Å². The van der Waals surface area contributed by atoms with Gasteiger partial charge in [-0.1, -0.05) is 0 Å². The summed E-state index contributed by atoms with van der Waals surface area (Å²) >= 11 is 5.61. The number of rotatable bonds is 6. The molecule has 0 amide bonds. The summed E-state index contributed by atoms with van der Waals surface area (Å²) in [5.74, 6) is 0. The van der Waals surface area contributed by atoms with Crippen molar-refractivity contribution < 1.29 is 0 Å². The highest BCUT2D eigenvalue weighted by Gasteiger charge is 2.18. The van der Waals surface area contributed by atoms with Crippen LogP contribution in [0.1, 0.15) is 41.5 Å². The lowest BCUT2D eigenvalue weighted by molar-refractivity contribution is 0.667. The molecule has 0 aromatic carbocycles. The minimum Gasteiger partial charge on any atom is -0.263 e. The van der Waals surface area contributed by atoms with Gasteiger partial charge in [0.05, 0.1) is 0 Å². The van der Waals surface area contributed by atoms with Crippen molar-refractivity contribution in [3.63, 3.8) is 0 Å². The predicted octanol–water partition coefficient (Wildman–Crippen LogP) is 2.20. The highest BCUT2D eigenvalue weighted by molar-refractivity contribution is 8.11. The van der Waals surface area contributed by atoms with Crippen molar-refractivity contribution in [3.05, 3.63) is 0 Å². The van der Waals surface area contributed by atoms with E-state index >= 15 is 0 Å². The Bertz CT molecular complexity index is 171. The average molecular weight is 237 g/mol. The molecule has 0 bridgehead atoms. The zero-order valence-corrected chi connectivity index (χ0v) is 11.8. The molecule has 14 heavy (non-hydrogen) atoms. The van der Waals surface area contributed by atoms with E-state index < -0.39 is 6.49 Å². The summed E-state index contributed by atoms with van der Waals surface area (Å²) in [5, 5.41) is 10.3. The monoisotopic (exact) mass is 237 g/mol. The van der Waals surface area contributed by atoms with E-state index in [1.54, 1.807) is 0 Å². The summed E-state index contributed by atoms with van der Waals surface area (Å²) < 4.78 is 0. The average Bonchev–Trinajstić information content (AvgIpc) is 1.76. The van der Waals surface area contributed by atoms with Gasteiger partial charge in [-0.25, -0.2) is 0 Å². The molecule has 0 aliphatic heterocycles. The molecule has 0 rings (SSSR count). The van der Waals surface area contributed by atoms with E-state index in [0.29, 0.717) is 18.1 Å². The quantitative estimate of drug-likeness (QED) is 0.619. The molecule has 0 aromatic heterocycles. The molecule has 86 valence electrons. The summed E-state index contributed by atoms with van der Waals surface area (Å²) in [5.41, 5.74) is 0. The normalized spacial score (nSPS) is 13.2. The van der Waals surface area contributed by atoms with Gasteiger partial charge in [0, 0.05) is 18.1 Å². The third kappa shape index (κ3) is 6.91. The van der Waals surface area contributed by atoms with Gasteiger partial charge < -0.3 is 0 Å². The van der Waals surface area contributed by atoms with Crippen LogP contribution in [-0.4, -0.2) is 18.1 Å². The molecule has 0 atom stereocenters. The van der Waals surface area contributed by atoms with Crippen molar-refractivity contribution in [2.24, 2.45) is 0 Å². The molecule has 0 aliphatic carbocycles. The van der Waals surface area contributed by atoms with Crippen LogP contribution in [0, 0.1) is 0 Å². The van der Waals surface area contributed by atoms with Crippen LogP contribution in [0.4, 0.5) is 0 Å². The van der Waals surface area contributed by atoms with Crippen LogP contribution in [0.3, 0.4) is 0 Å². The van der Waals surface area contributed by atoms with Gasteiger partial charge in [-0.2, -0.15) is 0 Å². The molecule has 0 unspecified atom stereocenters. The maximum Gasteiger partial charge on any atom is 0.138 e. The fourth-order valence-electron chi connectivity index (χ4n) is 1.20. The first-order chi connectivity index (χ1) is 6.25. The molecule has 5 heteroatoms. The molecule has 0 aromatic rings. The first-order valence-corrected chi connectivity index (χ1v) is 7.99. The Kier molecular flexibility index (Phi) is 6.42. The van der Waals surface area contributed by atoms with Gasteiger partial charge in [0.25, 0.3) is 0 Å². The third-order valence-electron chi connectivity index (χ3n) is 1.32. The van der Waals surface area contributed by atoms with Crippen molar-refractivity contribution in [3.8, 4) is 0 Å². The van der Waals surface area contributed by atoms with E-state index in [2.05, 4.69) is 56.8 Å². The maximum atomic E-state index is 5.61. The second-order valence-corrected chi connectivity index (χ2v) is 8.10. The molecule has 3 nitrogen and oxygen atoms in total. The third-order valence-corrected chi connectivity index (χ3v) is 4.91. The van der Waals surface area contributed by atoms with Crippen LogP contribution >= 0.6 is 6.49 Å². The highest BCUT2D eigenvalue weighted by Crippen LogP contribution is 2.33. The van der Waals surface area contributed by atoms with Gasteiger partial charge in [0.1, 0.15) is 6.49 Å². The lowest BCUT2D eigenvalue weighted by Gasteiger charge is -2.31. The predicted molar refractivity (Wildman–Crippen MR) is 69.1 cm³/mol. The van der Waals surface area contributed by atoms with Crippen molar-refractivity contribution in [2.75, 3.05) is 0 Å². The molecule has 0 aliphatic rings. The SMILES string of the molecule is CC(C)NP(=S)(NC(C)C)NC(C)C. The van der Waals surface area contributed by atoms with Crippen LogP contribution in [0.15, 0.2) is 0 Å². The van der Waals surface area contributed by atoms with Crippen LogP contribution in [0.25, 0.3) is 0 Å². The minimum atomic E-state index is -1.80. The van der Waals surface area contributed by atoms with E-state index in [0.717, 1.165) is 0 Å². The van der Waals surface area contributed by atoms with E-state index in [9.17, 15) is 0 Å². The highest BCUT2D eigenvalue weighted by atomic mass is 32.4. The van der Waals surface area contributed by atoms with Crippen molar-refractivity contribution in [1.82, 2.24) is 15.3 Å². The van der Waals surface area contributed by atoms with E-state index in [1.165, 1.54) is 0 Å². The van der Waals surface area contributed by atoms with E-state index in [1.807, 2.05) is 0 Å². The van der Waals surface area contributed by atoms with Crippen molar-refractivity contribution in [2.45, 2.75) is 59.7 Å². The Hall–Kier alpha value is 0.530. The number of hydrogen-bond acceptors (Lipinski definition) is 1. The van der Waals surface area contributed by atoms with Gasteiger partial charge >= 0.3 is 0 Å². The Morgan fingerprint density at radius 2 is 0.929 bits per heavy atom. The minimum absolute atomic E-state index is 0.401. The molecule has 3 N–H and O–H groups in total. The van der Waals surface area contributed by atoms with E-state index in [4.69, 9.17) is 11.8 Å². The molecule has 0 radical (unpaired) electrons. The zero-order chi connectivity index (χ0) is 11.4. The Morgan fingerprint density at radius 3 is 1.07 bits per heavy atom. The molecule has 0 heterocycles. The molecule has 0 saturated heterocycles. The molecular weight excluding hydrogens is 213 g/mol. The van der Waals surface area contributed by atoms with Gasteiger partial charge in [-0.3, -0.25) is 15.3 Å². The topological polar surface area (TPSA) is 36.1 Å². The maximum absolute atomic E-state index is 5.61. The standard InChI is InChI=1S/C9H24N3PS/c1-7(2)10-13(14,11-8(3)4)12-9(5)6/h7-9H,1-6H3,(H3,10,11,12,14). The first-order valence-electron chi connectivity index (χ1n) is 5.18. The van der Waals surface area contributed by atoms with E-state index in [-0.39, 0.29) is 0 Å². The second kappa shape index (κ2) is 6.19. The summed E-state index contributed by atoms with van der Waals surface area (Å²) in [6.45, 7) is 10.9. The van der Waals surface area contributed by atoms with Crippen LogP contribution in [-0.2, 0) is 11.8 Å². The second-order valence-electron chi connectivity index (χ2n) is 4.46. The Labute approximate surface area is 93.6 Å². The van der Waals surface area contributed by atoms with Crippen LogP contribution in [0.5, 0.6) is 0 Å². The summed E-state index contributed by atoms with van der Waals surface area (Å²) in [6, 6.07) is 1.20. The Balaban J connectivity index is 4.41. The molecule has 0 saturated carbocycles. The zero-order valence-electron chi connectivity index (χ0n) is 10.1. The lowest BCUT2D eigenvalue weighted by Crippen LogP contribution is -2.40. The van der Waals surface area contributed by atoms with Gasteiger partial charge in [0.2, 0.25) is 0 Å². The van der Waals surface area contributed by atoms with Crippen LogP contribution < -0.4 is 15.3 Å². The number of nitrogens with one attached hydrogen (secondary N) is 3.